The summed E-state index contributed by atoms with van der Waals surface area (Å²) in [4.78, 5) is 1.55. The van der Waals surface area contributed by atoms with Gasteiger partial charge in [0.05, 0.1) is 0 Å². The molecule has 4 rings (SSSR count). The highest BCUT2D eigenvalue weighted by Crippen LogP contribution is 2.39. The molecule has 0 fully saturated rings. The van der Waals surface area contributed by atoms with Crippen LogP contribution in [0.5, 0.6) is 5.75 Å². The van der Waals surface area contributed by atoms with E-state index in [9.17, 15) is 8.42 Å². The van der Waals surface area contributed by atoms with Crippen molar-refractivity contribution >= 4 is 21.2 Å². The van der Waals surface area contributed by atoms with E-state index in [2.05, 4.69) is 44.8 Å². The molecule has 0 aliphatic heterocycles. The third-order valence-electron chi connectivity index (χ3n) is 5.45. The average Bonchev–Trinajstić information content (AvgIpc) is 3.16. The molecule has 0 saturated heterocycles. The highest BCUT2D eigenvalue weighted by Gasteiger charge is 2.29. The van der Waals surface area contributed by atoms with Crippen LogP contribution in [0.3, 0.4) is 0 Å². The minimum atomic E-state index is -4.02. The Bertz CT molecular complexity index is 1350. The molecule has 6 nitrogen and oxygen atoms in total. The topological polar surface area (TPSA) is 74.1 Å². The van der Waals surface area contributed by atoms with E-state index >= 15 is 0 Å². The molecule has 1 aromatic heterocycles. The largest absolute Gasteiger partial charge is 0.377 e. The number of hydrogen-bond donors (Lipinski definition) is 0. The minimum absolute atomic E-state index is 0.0895. The van der Waals surface area contributed by atoms with Gasteiger partial charge in [-0.3, -0.25) is 0 Å². The van der Waals surface area contributed by atoms with Gasteiger partial charge in [-0.15, -0.1) is 15.0 Å². The molecule has 0 N–H and O–H groups in total. The first-order chi connectivity index (χ1) is 15.4. The Morgan fingerprint density at radius 1 is 0.818 bits per heavy atom. The van der Waals surface area contributed by atoms with Crippen LogP contribution in [0.1, 0.15) is 46.6 Å². The predicted molar refractivity (Wildman–Crippen MR) is 130 cm³/mol. The van der Waals surface area contributed by atoms with E-state index in [0.29, 0.717) is 16.7 Å². The monoisotopic (exact) mass is 463 g/mol. The number of nitrogens with zero attached hydrogens (tertiary/aromatic N) is 3. The fourth-order valence-corrected chi connectivity index (χ4v) is 5.28. The molecule has 3 aromatic carbocycles. The van der Waals surface area contributed by atoms with E-state index in [-0.39, 0.29) is 21.5 Å². The molecule has 172 valence electrons. The fraction of sp³-hybridized carbons (Fsp3) is 0.308. The van der Waals surface area contributed by atoms with Gasteiger partial charge < -0.3 is 4.18 Å². The molecule has 7 heteroatoms. The number of hydrogen-bond acceptors (Lipinski definition) is 5. The second-order valence-electron chi connectivity index (χ2n) is 10.1. The maximum atomic E-state index is 13.0. The Morgan fingerprint density at radius 3 is 1.97 bits per heavy atom. The zero-order valence-corrected chi connectivity index (χ0v) is 20.4. The predicted octanol–water partition coefficient (Wildman–Crippen LogP) is 5.90. The van der Waals surface area contributed by atoms with Gasteiger partial charge in [-0.1, -0.05) is 71.0 Å². The molecule has 1 heterocycles. The number of fused-ring (bicyclic) bond motifs is 1. The van der Waals surface area contributed by atoms with Crippen LogP contribution >= 0.6 is 0 Å². The Labute approximate surface area is 195 Å². The smallest absolute Gasteiger partial charge is 0.339 e. The quantitative estimate of drug-likeness (QED) is 0.333. The van der Waals surface area contributed by atoms with E-state index in [1.54, 1.807) is 24.3 Å². The second kappa shape index (κ2) is 8.30. The highest BCUT2D eigenvalue weighted by molar-refractivity contribution is 7.87. The van der Waals surface area contributed by atoms with E-state index < -0.39 is 10.1 Å². The van der Waals surface area contributed by atoms with Crippen molar-refractivity contribution in [3.8, 4) is 11.4 Å². The summed E-state index contributed by atoms with van der Waals surface area (Å²) in [6.07, 6.45) is 0.941. The molecule has 0 radical (unpaired) electrons. The summed E-state index contributed by atoms with van der Waals surface area (Å²) in [7, 11) is -4.02. The van der Waals surface area contributed by atoms with Gasteiger partial charge in [-0.05, 0) is 59.2 Å². The summed E-state index contributed by atoms with van der Waals surface area (Å²) in [6, 6.07) is 21.2. The van der Waals surface area contributed by atoms with Gasteiger partial charge in [0.1, 0.15) is 21.6 Å². The summed E-state index contributed by atoms with van der Waals surface area (Å²) in [5, 5.41) is 9.15. The van der Waals surface area contributed by atoms with Gasteiger partial charge in [0.25, 0.3) is 0 Å². The average molecular weight is 464 g/mol. The van der Waals surface area contributed by atoms with Crippen LogP contribution in [0.4, 0.5) is 0 Å². The minimum Gasteiger partial charge on any atom is -0.377 e. The number of rotatable bonds is 6. The molecule has 0 saturated carbocycles. The SMILES string of the molecule is CC(C)(C)CC(C)(C)c1ccc(OS(=O)(=O)c2ccccc2)c(-n2nc3ccccc3n2)c1. The third kappa shape index (κ3) is 5.09. The number of aromatic nitrogens is 3. The molecule has 0 spiro atoms. The molecule has 0 bridgehead atoms. The van der Waals surface area contributed by atoms with Crippen LogP contribution in [0.15, 0.2) is 77.7 Å². The molecule has 4 aromatic rings. The molecule has 0 amide bonds. The van der Waals surface area contributed by atoms with Crippen LogP contribution < -0.4 is 4.18 Å². The first-order valence-corrected chi connectivity index (χ1v) is 12.3. The zero-order valence-electron chi connectivity index (χ0n) is 19.6. The van der Waals surface area contributed by atoms with E-state index in [1.165, 1.54) is 16.9 Å². The van der Waals surface area contributed by atoms with Gasteiger partial charge in [-0.2, -0.15) is 8.42 Å². The maximum Gasteiger partial charge on any atom is 0.339 e. The molecule has 0 aliphatic carbocycles. The van der Waals surface area contributed by atoms with Crippen molar-refractivity contribution in [2.45, 2.75) is 51.3 Å². The first-order valence-electron chi connectivity index (χ1n) is 10.9. The Kier molecular flexibility index (Phi) is 5.78. The molecular weight excluding hydrogens is 434 g/mol. The Hall–Kier alpha value is -3.19. The van der Waals surface area contributed by atoms with Crippen molar-refractivity contribution in [3.05, 3.63) is 78.4 Å². The van der Waals surface area contributed by atoms with Gasteiger partial charge in [0.15, 0.2) is 5.75 Å². The van der Waals surface area contributed by atoms with Crippen molar-refractivity contribution in [2.75, 3.05) is 0 Å². The van der Waals surface area contributed by atoms with Crippen molar-refractivity contribution in [2.24, 2.45) is 5.41 Å². The lowest BCUT2D eigenvalue weighted by atomic mass is 9.72. The Balaban J connectivity index is 1.84. The van der Waals surface area contributed by atoms with Crippen LogP contribution in [0, 0.1) is 5.41 Å². The standard InChI is InChI=1S/C26H29N3O3S/c1-25(2,3)18-26(4,5)19-15-16-24(32-33(30,31)20-11-7-6-8-12-20)23(17-19)29-27-21-13-9-10-14-22(21)28-29/h6-17H,18H2,1-5H3. The van der Waals surface area contributed by atoms with Crippen molar-refractivity contribution < 1.29 is 12.6 Å². The van der Waals surface area contributed by atoms with Crippen LogP contribution in [0.25, 0.3) is 16.7 Å². The summed E-state index contributed by atoms with van der Waals surface area (Å²) in [6.45, 7) is 11.0. The first kappa shape index (κ1) is 23.0. The van der Waals surface area contributed by atoms with E-state index in [1.807, 2.05) is 36.4 Å². The summed E-state index contributed by atoms with van der Waals surface area (Å²) in [5.74, 6) is 0.175. The lowest BCUT2D eigenvalue weighted by Crippen LogP contribution is -2.25. The summed E-state index contributed by atoms with van der Waals surface area (Å²) in [5.41, 5.74) is 2.93. The summed E-state index contributed by atoms with van der Waals surface area (Å²) < 4.78 is 31.5. The van der Waals surface area contributed by atoms with Gasteiger partial charge in [-0.25, -0.2) is 0 Å². The normalized spacial score (nSPS) is 12.8. The lowest BCUT2D eigenvalue weighted by molar-refractivity contribution is 0.284. The molecule has 0 aliphatic rings. The van der Waals surface area contributed by atoms with E-state index in [4.69, 9.17) is 4.18 Å². The van der Waals surface area contributed by atoms with Crippen molar-refractivity contribution in [1.29, 1.82) is 0 Å². The Morgan fingerprint density at radius 2 is 1.39 bits per heavy atom. The third-order valence-corrected chi connectivity index (χ3v) is 6.69. The molecule has 0 unspecified atom stereocenters. The van der Waals surface area contributed by atoms with Gasteiger partial charge in [0.2, 0.25) is 0 Å². The highest BCUT2D eigenvalue weighted by atomic mass is 32.2. The van der Waals surface area contributed by atoms with Gasteiger partial charge in [0, 0.05) is 0 Å². The lowest BCUT2D eigenvalue weighted by Gasteiger charge is -2.33. The number of benzene rings is 3. The van der Waals surface area contributed by atoms with Gasteiger partial charge >= 0.3 is 10.1 Å². The molecule has 0 atom stereocenters. The zero-order chi connectivity index (χ0) is 23.9. The maximum absolute atomic E-state index is 13.0. The van der Waals surface area contributed by atoms with E-state index in [0.717, 1.165) is 12.0 Å². The summed E-state index contributed by atoms with van der Waals surface area (Å²) >= 11 is 0. The second-order valence-corrected chi connectivity index (χ2v) is 11.7. The fourth-order valence-electron chi connectivity index (χ4n) is 4.31. The van der Waals surface area contributed by atoms with Crippen LogP contribution in [-0.4, -0.2) is 23.4 Å². The molecule has 33 heavy (non-hydrogen) atoms. The van der Waals surface area contributed by atoms with Crippen molar-refractivity contribution in [3.63, 3.8) is 0 Å². The van der Waals surface area contributed by atoms with Crippen molar-refractivity contribution in [1.82, 2.24) is 15.0 Å². The molecular formula is C26H29N3O3S. The van der Waals surface area contributed by atoms with Crippen LogP contribution in [-0.2, 0) is 15.5 Å². The van der Waals surface area contributed by atoms with Crippen LogP contribution in [0.2, 0.25) is 0 Å².